The highest BCUT2D eigenvalue weighted by Gasteiger charge is 2.20. The highest BCUT2D eigenvalue weighted by atomic mass is 32.2. The van der Waals surface area contributed by atoms with E-state index in [0.29, 0.717) is 0 Å². The number of hydrogen-bond donors (Lipinski definition) is 2. The molecule has 0 fully saturated rings. The minimum atomic E-state index is -3.61. The topological polar surface area (TPSA) is 95.6 Å². The lowest BCUT2D eigenvalue weighted by atomic mass is 10.2. The van der Waals surface area contributed by atoms with E-state index in [2.05, 4.69) is 9.44 Å². The zero-order chi connectivity index (χ0) is 16.1. The van der Waals surface area contributed by atoms with E-state index < -0.39 is 20.2 Å². The smallest absolute Gasteiger partial charge is 0.207 e. The van der Waals surface area contributed by atoms with Gasteiger partial charge in [-0.05, 0) is 19.1 Å². The fraction of sp³-hybridized carbons (Fsp3) is 0.500. The van der Waals surface area contributed by atoms with Crippen LogP contribution in [0.4, 0.5) is 0 Å². The van der Waals surface area contributed by atoms with Crippen LogP contribution in [0.3, 0.4) is 0 Å². The van der Waals surface area contributed by atoms with Crippen molar-refractivity contribution >= 4 is 20.2 Å². The summed E-state index contributed by atoms with van der Waals surface area (Å²) >= 11 is 0. The van der Waals surface area contributed by atoms with Gasteiger partial charge in [0.15, 0.2) is 0 Å². The minimum absolute atomic E-state index is 0.00305. The van der Waals surface area contributed by atoms with E-state index in [1.807, 2.05) is 6.92 Å². The second-order valence-electron chi connectivity index (χ2n) is 4.54. The van der Waals surface area contributed by atoms with Gasteiger partial charge in [-0.15, -0.1) is 0 Å². The van der Waals surface area contributed by atoms with Crippen molar-refractivity contribution in [3.63, 3.8) is 0 Å². The van der Waals surface area contributed by atoms with Crippen LogP contribution >= 0.6 is 0 Å². The van der Waals surface area contributed by atoms with E-state index in [-0.39, 0.29) is 24.5 Å². The molecule has 0 aliphatic heterocycles. The Morgan fingerprint density at radius 3 is 2.14 bits per heavy atom. The lowest BCUT2D eigenvalue weighted by Crippen LogP contribution is -2.41. The van der Waals surface area contributed by atoms with Gasteiger partial charge >= 0.3 is 0 Å². The summed E-state index contributed by atoms with van der Waals surface area (Å²) in [5, 5.41) is 0. The van der Waals surface area contributed by atoms with E-state index in [9.17, 15) is 16.8 Å². The Morgan fingerprint density at radius 1 is 1.05 bits per heavy atom. The Balaban J connectivity index is 2.66. The third kappa shape index (κ3) is 5.36. The van der Waals surface area contributed by atoms with Gasteiger partial charge in [0.05, 0.1) is 4.90 Å². The highest BCUT2D eigenvalue weighted by Crippen LogP contribution is 2.14. The molecule has 0 aliphatic carbocycles. The lowest BCUT2D eigenvalue weighted by molar-refractivity contribution is 0.468. The second-order valence-corrected chi connectivity index (χ2v) is 8.16. The average molecular weight is 335 g/mol. The van der Waals surface area contributed by atoms with Gasteiger partial charge < -0.3 is 0 Å². The molecule has 1 aromatic rings. The standard InChI is InChI=1S/C12H21N3O4S2/c1-4-13-21(18,19)14-9-10-15(3)20(16,17)12-7-5-11(2)6-8-12/h5-8,13-14H,4,9-10H2,1-3H3. The molecule has 0 radical (unpaired) electrons. The zero-order valence-electron chi connectivity index (χ0n) is 12.3. The third-order valence-corrected chi connectivity index (χ3v) is 5.91. The first-order chi connectivity index (χ1) is 9.69. The Morgan fingerprint density at radius 2 is 1.62 bits per heavy atom. The molecule has 0 unspecified atom stereocenters. The van der Waals surface area contributed by atoms with Crippen LogP contribution in [-0.2, 0) is 20.2 Å². The van der Waals surface area contributed by atoms with Crippen molar-refractivity contribution < 1.29 is 16.8 Å². The largest absolute Gasteiger partial charge is 0.276 e. The second kappa shape index (κ2) is 7.32. The minimum Gasteiger partial charge on any atom is -0.207 e. The van der Waals surface area contributed by atoms with Crippen molar-refractivity contribution in [2.75, 3.05) is 26.7 Å². The molecule has 0 saturated carbocycles. The molecule has 0 atom stereocenters. The molecular formula is C12H21N3O4S2. The predicted octanol–water partition coefficient (Wildman–Crippen LogP) is 0.0594. The number of likely N-dealkylation sites (N-methyl/N-ethyl adjacent to an activating group) is 1. The summed E-state index contributed by atoms with van der Waals surface area (Å²) < 4.78 is 52.9. The maximum atomic E-state index is 12.3. The van der Waals surface area contributed by atoms with E-state index in [1.165, 1.54) is 19.2 Å². The van der Waals surface area contributed by atoms with Crippen molar-refractivity contribution in [1.29, 1.82) is 0 Å². The molecule has 9 heteroatoms. The quantitative estimate of drug-likeness (QED) is 0.702. The Kier molecular flexibility index (Phi) is 6.29. The summed E-state index contributed by atoms with van der Waals surface area (Å²) in [5.74, 6) is 0. The molecule has 0 aliphatic rings. The first-order valence-electron chi connectivity index (χ1n) is 6.46. The highest BCUT2D eigenvalue weighted by molar-refractivity contribution is 7.89. The first-order valence-corrected chi connectivity index (χ1v) is 9.38. The van der Waals surface area contributed by atoms with Crippen LogP contribution in [-0.4, -0.2) is 47.8 Å². The molecule has 21 heavy (non-hydrogen) atoms. The van der Waals surface area contributed by atoms with Crippen LogP contribution in [0.1, 0.15) is 12.5 Å². The van der Waals surface area contributed by atoms with Crippen molar-refractivity contribution in [3.8, 4) is 0 Å². The van der Waals surface area contributed by atoms with Crippen LogP contribution < -0.4 is 9.44 Å². The van der Waals surface area contributed by atoms with E-state index in [0.717, 1.165) is 9.87 Å². The molecule has 0 aromatic heterocycles. The maximum Gasteiger partial charge on any atom is 0.276 e. The van der Waals surface area contributed by atoms with Gasteiger partial charge in [0, 0.05) is 26.7 Å². The van der Waals surface area contributed by atoms with Crippen molar-refractivity contribution in [1.82, 2.24) is 13.7 Å². The molecule has 0 bridgehead atoms. The summed E-state index contributed by atoms with van der Waals surface area (Å²) in [4.78, 5) is 0.185. The van der Waals surface area contributed by atoms with Crippen molar-refractivity contribution in [3.05, 3.63) is 29.8 Å². The van der Waals surface area contributed by atoms with Gasteiger partial charge in [0.2, 0.25) is 10.0 Å². The summed E-state index contributed by atoms with van der Waals surface area (Å²) in [6.07, 6.45) is 0. The van der Waals surface area contributed by atoms with E-state index >= 15 is 0 Å². The molecular weight excluding hydrogens is 314 g/mol. The molecule has 0 amide bonds. The van der Waals surface area contributed by atoms with Crippen LogP contribution in [0.15, 0.2) is 29.2 Å². The van der Waals surface area contributed by atoms with Gasteiger partial charge in [0.25, 0.3) is 10.2 Å². The molecule has 2 N–H and O–H groups in total. The SMILES string of the molecule is CCNS(=O)(=O)NCCN(C)S(=O)(=O)c1ccc(C)cc1. The number of nitrogens with zero attached hydrogens (tertiary/aromatic N) is 1. The summed E-state index contributed by atoms with van der Waals surface area (Å²) in [6.45, 7) is 3.84. The monoisotopic (exact) mass is 335 g/mol. The zero-order valence-corrected chi connectivity index (χ0v) is 14.0. The van der Waals surface area contributed by atoms with E-state index in [4.69, 9.17) is 0 Å². The van der Waals surface area contributed by atoms with Crippen molar-refractivity contribution in [2.24, 2.45) is 0 Å². The van der Waals surface area contributed by atoms with Crippen LogP contribution in [0, 0.1) is 6.92 Å². The Hall–Kier alpha value is -1.00. The van der Waals surface area contributed by atoms with Crippen LogP contribution in [0.2, 0.25) is 0 Å². The lowest BCUT2D eigenvalue weighted by Gasteiger charge is -2.17. The fourth-order valence-electron chi connectivity index (χ4n) is 1.59. The number of aryl methyl sites for hydroxylation is 1. The molecule has 120 valence electrons. The van der Waals surface area contributed by atoms with Gasteiger partial charge in [-0.2, -0.15) is 12.7 Å². The normalized spacial score (nSPS) is 12.8. The van der Waals surface area contributed by atoms with Crippen molar-refractivity contribution in [2.45, 2.75) is 18.7 Å². The van der Waals surface area contributed by atoms with Gasteiger partial charge in [-0.1, -0.05) is 24.6 Å². The number of sulfonamides is 1. The Bertz CT molecular complexity index is 654. The average Bonchev–Trinajstić information content (AvgIpc) is 2.38. The Labute approximate surface area is 126 Å². The summed E-state index contributed by atoms with van der Waals surface area (Å²) in [6, 6.07) is 6.50. The molecule has 1 rings (SSSR count). The van der Waals surface area contributed by atoms with Gasteiger partial charge in [-0.25, -0.2) is 17.9 Å². The molecule has 0 spiro atoms. The maximum absolute atomic E-state index is 12.3. The predicted molar refractivity (Wildman–Crippen MR) is 81.6 cm³/mol. The number of benzene rings is 1. The van der Waals surface area contributed by atoms with Crippen LogP contribution in [0.25, 0.3) is 0 Å². The first kappa shape index (κ1) is 18.1. The summed E-state index contributed by atoms with van der Waals surface area (Å²) in [5.41, 5.74) is 0.968. The fourth-order valence-corrected chi connectivity index (χ4v) is 3.60. The van der Waals surface area contributed by atoms with Crippen LogP contribution in [0.5, 0.6) is 0 Å². The van der Waals surface area contributed by atoms with Gasteiger partial charge in [-0.3, -0.25) is 0 Å². The molecule has 0 saturated heterocycles. The van der Waals surface area contributed by atoms with Gasteiger partial charge in [0.1, 0.15) is 0 Å². The molecule has 1 aromatic carbocycles. The number of rotatable bonds is 8. The number of nitrogens with one attached hydrogen (secondary N) is 2. The number of hydrogen-bond acceptors (Lipinski definition) is 4. The molecule has 0 heterocycles. The molecule has 7 nitrogen and oxygen atoms in total. The summed E-state index contributed by atoms with van der Waals surface area (Å²) in [7, 11) is -5.76. The third-order valence-electron chi connectivity index (χ3n) is 2.78. The van der Waals surface area contributed by atoms with E-state index in [1.54, 1.807) is 19.1 Å².